The van der Waals surface area contributed by atoms with Gasteiger partial charge in [-0.05, 0) is 34.4 Å². The molecule has 3 aromatic carbocycles. The third-order valence-electron chi connectivity index (χ3n) is 6.85. The number of hydrogen-bond acceptors (Lipinski definition) is 3. The number of nitrogens with zero attached hydrogens (tertiary/aromatic N) is 2. The molecule has 1 aliphatic heterocycles. The predicted molar refractivity (Wildman–Crippen MR) is 123 cm³/mol. The van der Waals surface area contributed by atoms with Gasteiger partial charge < -0.3 is 0 Å². The van der Waals surface area contributed by atoms with Crippen LogP contribution in [0.15, 0.2) is 72.8 Å². The molecule has 0 N–H and O–H groups in total. The molecule has 2 amide bonds. The van der Waals surface area contributed by atoms with E-state index >= 15 is 0 Å². The number of imide groups is 1. The molecule has 2 bridgehead atoms. The standard InChI is InChI=1S/C25H14Br2N2O2/c26-24-15-8-2-3-9-16(15)25(27,18-11-5-4-10-17(18)24)21-20(24)22(30)29(23(21)31)19-12-6-1-7-14(19)13-28/h1-12,20-21H/t20-,21+,24?,25?. The molecule has 0 spiro atoms. The Morgan fingerprint density at radius 2 is 1.10 bits per heavy atom. The van der Waals surface area contributed by atoms with Gasteiger partial charge >= 0.3 is 0 Å². The average Bonchev–Trinajstić information content (AvgIpc) is 3.08. The molecule has 4 aliphatic rings. The number of alkyl halides is 2. The fourth-order valence-corrected chi connectivity index (χ4v) is 7.97. The zero-order valence-corrected chi connectivity index (χ0v) is 19.2. The van der Waals surface area contributed by atoms with Crippen molar-refractivity contribution in [2.45, 2.75) is 8.65 Å². The lowest BCUT2D eigenvalue weighted by Crippen LogP contribution is -2.56. The van der Waals surface area contributed by atoms with E-state index in [9.17, 15) is 14.9 Å². The maximum atomic E-state index is 13.9. The SMILES string of the molecule is N#Cc1ccccc1N1C(=O)[C@@H]2[C@H](C1=O)C1(Br)c3ccccc3C2(Br)c2ccccc21. The van der Waals surface area contributed by atoms with Gasteiger partial charge in [0.25, 0.3) is 0 Å². The van der Waals surface area contributed by atoms with E-state index in [1.54, 1.807) is 24.3 Å². The van der Waals surface area contributed by atoms with Gasteiger partial charge in [0.2, 0.25) is 11.8 Å². The second-order valence-electron chi connectivity index (χ2n) is 8.11. The number of hydrogen-bond donors (Lipinski definition) is 0. The summed E-state index contributed by atoms with van der Waals surface area (Å²) in [5, 5.41) is 9.59. The van der Waals surface area contributed by atoms with Gasteiger partial charge in [-0.25, -0.2) is 4.90 Å². The average molecular weight is 534 g/mol. The molecule has 1 saturated heterocycles. The highest BCUT2D eigenvalue weighted by Gasteiger charge is 2.72. The quantitative estimate of drug-likeness (QED) is 0.328. The van der Waals surface area contributed by atoms with E-state index in [0.29, 0.717) is 11.3 Å². The highest BCUT2D eigenvalue weighted by molar-refractivity contribution is 9.10. The molecular formula is C25H14Br2N2O2. The molecule has 150 valence electrons. The van der Waals surface area contributed by atoms with Crippen LogP contribution in [0.5, 0.6) is 0 Å². The Morgan fingerprint density at radius 1 is 0.710 bits per heavy atom. The van der Waals surface area contributed by atoms with Crippen molar-refractivity contribution in [3.8, 4) is 6.07 Å². The molecule has 31 heavy (non-hydrogen) atoms. The summed E-state index contributed by atoms with van der Waals surface area (Å²) in [6, 6.07) is 24.8. The van der Waals surface area contributed by atoms with Crippen LogP contribution in [0.3, 0.4) is 0 Å². The van der Waals surface area contributed by atoms with Crippen molar-refractivity contribution >= 4 is 49.4 Å². The summed E-state index contributed by atoms with van der Waals surface area (Å²) < 4.78 is -1.66. The molecule has 0 aromatic heterocycles. The number of carbonyl (C=O) groups excluding carboxylic acids is 2. The molecule has 4 nitrogen and oxygen atoms in total. The number of benzene rings is 3. The third kappa shape index (κ3) is 2.04. The first kappa shape index (κ1) is 19.0. The van der Waals surface area contributed by atoms with E-state index in [1.807, 2.05) is 48.5 Å². The summed E-state index contributed by atoms with van der Waals surface area (Å²) in [4.78, 5) is 29.1. The van der Waals surface area contributed by atoms with E-state index in [0.717, 1.165) is 22.3 Å². The molecule has 7 rings (SSSR count). The number of carbonyl (C=O) groups is 2. The second-order valence-corrected chi connectivity index (χ2v) is 10.6. The molecule has 2 atom stereocenters. The normalized spacial score (nSPS) is 29.9. The van der Waals surface area contributed by atoms with Crippen molar-refractivity contribution < 1.29 is 9.59 Å². The smallest absolute Gasteiger partial charge is 0.239 e. The van der Waals surface area contributed by atoms with Crippen molar-refractivity contribution in [2.75, 3.05) is 4.90 Å². The van der Waals surface area contributed by atoms with Gasteiger partial charge in [0.15, 0.2) is 0 Å². The molecule has 3 aliphatic carbocycles. The maximum Gasteiger partial charge on any atom is 0.239 e. The molecule has 1 heterocycles. The van der Waals surface area contributed by atoms with Gasteiger partial charge in [-0.2, -0.15) is 5.26 Å². The van der Waals surface area contributed by atoms with Crippen molar-refractivity contribution in [1.82, 2.24) is 0 Å². The van der Waals surface area contributed by atoms with Crippen molar-refractivity contribution in [2.24, 2.45) is 11.8 Å². The maximum absolute atomic E-state index is 13.9. The van der Waals surface area contributed by atoms with E-state index in [4.69, 9.17) is 0 Å². The zero-order valence-electron chi connectivity index (χ0n) is 16.0. The second kappa shape index (κ2) is 6.15. The van der Waals surface area contributed by atoms with Crippen LogP contribution in [-0.2, 0) is 18.2 Å². The molecule has 6 heteroatoms. The minimum atomic E-state index is -0.830. The van der Waals surface area contributed by atoms with Crippen LogP contribution in [-0.4, -0.2) is 11.8 Å². The minimum absolute atomic E-state index is 0.289. The van der Waals surface area contributed by atoms with Gasteiger partial charge in [0, 0.05) is 0 Å². The number of nitriles is 1. The number of anilines is 1. The largest absolute Gasteiger partial charge is 0.274 e. The summed E-state index contributed by atoms with van der Waals surface area (Å²) >= 11 is 7.96. The molecule has 0 unspecified atom stereocenters. The van der Waals surface area contributed by atoms with Crippen LogP contribution < -0.4 is 4.90 Å². The lowest BCUT2D eigenvalue weighted by Gasteiger charge is -2.55. The topological polar surface area (TPSA) is 61.2 Å². The summed E-state index contributed by atoms with van der Waals surface area (Å²) in [7, 11) is 0. The summed E-state index contributed by atoms with van der Waals surface area (Å²) in [5.74, 6) is -1.86. The van der Waals surface area contributed by atoms with Crippen molar-refractivity contribution in [1.29, 1.82) is 5.26 Å². The van der Waals surface area contributed by atoms with Gasteiger partial charge in [0.05, 0.1) is 31.7 Å². The molecule has 0 radical (unpaired) electrons. The molecule has 0 saturated carbocycles. The van der Waals surface area contributed by atoms with Crippen LogP contribution in [0.4, 0.5) is 5.69 Å². The van der Waals surface area contributed by atoms with Gasteiger partial charge in [-0.3, -0.25) is 9.59 Å². The first-order chi connectivity index (χ1) is 15.0. The Bertz CT molecular complexity index is 1240. The summed E-state index contributed by atoms with van der Waals surface area (Å²) in [5.41, 5.74) is 4.60. The predicted octanol–water partition coefficient (Wildman–Crippen LogP) is 4.97. The first-order valence-corrected chi connectivity index (χ1v) is 11.5. The summed E-state index contributed by atoms with van der Waals surface area (Å²) in [6.45, 7) is 0. The number of amides is 2. The Balaban J connectivity index is 1.68. The fourth-order valence-electron chi connectivity index (χ4n) is 5.67. The Labute approximate surface area is 195 Å². The van der Waals surface area contributed by atoms with Gasteiger partial charge in [-0.1, -0.05) is 92.5 Å². The number of halogens is 2. The van der Waals surface area contributed by atoms with E-state index < -0.39 is 20.5 Å². The molecular weight excluding hydrogens is 520 g/mol. The highest BCUT2D eigenvalue weighted by atomic mass is 79.9. The minimum Gasteiger partial charge on any atom is -0.274 e. The lowest BCUT2D eigenvalue weighted by atomic mass is 9.54. The van der Waals surface area contributed by atoms with Crippen LogP contribution >= 0.6 is 31.9 Å². The van der Waals surface area contributed by atoms with Crippen LogP contribution in [0.1, 0.15) is 27.8 Å². The van der Waals surface area contributed by atoms with Crippen molar-refractivity contribution in [3.05, 3.63) is 101 Å². The van der Waals surface area contributed by atoms with Crippen LogP contribution in [0.2, 0.25) is 0 Å². The van der Waals surface area contributed by atoms with Crippen molar-refractivity contribution in [3.63, 3.8) is 0 Å². The van der Waals surface area contributed by atoms with E-state index in [-0.39, 0.29) is 11.8 Å². The van der Waals surface area contributed by atoms with Crippen LogP contribution in [0.25, 0.3) is 0 Å². The number of rotatable bonds is 1. The molecule has 3 aromatic rings. The molecule has 1 fully saturated rings. The van der Waals surface area contributed by atoms with Gasteiger partial charge in [-0.15, -0.1) is 0 Å². The third-order valence-corrected chi connectivity index (χ3v) is 9.55. The highest BCUT2D eigenvalue weighted by Crippen LogP contribution is 2.70. The van der Waals surface area contributed by atoms with Gasteiger partial charge in [0.1, 0.15) is 6.07 Å². The number of para-hydroxylation sites is 1. The lowest BCUT2D eigenvalue weighted by molar-refractivity contribution is -0.122. The van der Waals surface area contributed by atoms with E-state index in [2.05, 4.69) is 37.9 Å². The zero-order chi connectivity index (χ0) is 21.5. The Kier molecular flexibility index (Phi) is 3.77. The Hall–Kier alpha value is -2.75. The fraction of sp³-hybridized carbons (Fsp3) is 0.160. The monoisotopic (exact) mass is 532 g/mol. The summed E-state index contributed by atoms with van der Waals surface area (Å²) in [6.07, 6.45) is 0. The first-order valence-electron chi connectivity index (χ1n) is 9.90. The van der Waals surface area contributed by atoms with E-state index in [1.165, 1.54) is 4.90 Å². The Morgan fingerprint density at radius 3 is 1.52 bits per heavy atom. The van der Waals surface area contributed by atoms with Crippen LogP contribution in [0, 0.1) is 23.2 Å².